The van der Waals surface area contributed by atoms with Crippen molar-refractivity contribution >= 4 is 37.9 Å². The van der Waals surface area contributed by atoms with Crippen molar-refractivity contribution in [3.63, 3.8) is 0 Å². The first-order valence-electron chi connectivity index (χ1n) is 7.88. The summed E-state index contributed by atoms with van der Waals surface area (Å²) < 4.78 is 1.80. The Morgan fingerprint density at radius 1 is 0.960 bits per heavy atom. The molecule has 0 aliphatic rings. The summed E-state index contributed by atoms with van der Waals surface area (Å²) in [5.74, 6) is 0. The first kappa shape index (κ1) is 14.1. The first-order valence-corrected chi connectivity index (χ1v) is 8.69. The predicted octanol–water partition coefficient (Wildman–Crippen LogP) is 4.75. The molecule has 5 nitrogen and oxygen atoms in total. The van der Waals surface area contributed by atoms with Crippen LogP contribution >= 0.6 is 11.3 Å². The van der Waals surface area contributed by atoms with Gasteiger partial charge in [-0.05, 0) is 35.0 Å². The highest BCUT2D eigenvalue weighted by Crippen LogP contribution is 2.27. The van der Waals surface area contributed by atoms with Gasteiger partial charge in [0.25, 0.3) is 0 Å². The molecule has 0 saturated carbocycles. The lowest BCUT2D eigenvalue weighted by atomic mass is 10.1. The maximum absolute atomic E-state index is 4.63. The average molecular weight is 343 g/mol. The molecule has 5 rings (SSSR count). The maximum Gasteiger partial charge on any atom is 0.214 e. The molecule has 0 atom stereocenters. The van der Waals surface area contributed by atoms with Gasteiger partial charge in [-0.3, -0.25) is 4.98 Å². The molecule has 120 valence electrons. The third-order valence-electron chi connectivity index (χ3n) is 4.00. The standard InChI is InChI=1S/C19H13N5S/c1-2-5-14-10-16(8-7-13(14)4-1)21-18-23-24-12-17(22-19(24)25-18)15-6-3-9-20-11-15/h1-12H,(H,21,23). The van der Waals surface area contributed by atoms with Gasteiger partial charge in [0, 0.05) is 23.6 Å². The van der Waals surface area contributed by atoms with Gasteiger partial charge in [-0.1, -0.05) is 41.7 Å². The zero-order valence-corrected chi connectivity index (χ0v) is 13.9. The van der Waals surface area contributed by atoms with E-state index >= 15 is 0 Å². The summed E-state index contributed by atoms with van der Waals surface area (Å²) in [5.41, 5.74) is 2.89. The largest absolute Gasteiger partial charge is 0.330 e. The van der Waals surface area contributed by atoms with Gasteiger partial charge >= 0.3 is 0 Å². The minimum absolute atomic E-state index is 0.815. The number of benzene rings is 2. The Balaban J connectivity index is 1.45. The van der Waals surface area contributed by atoms with E-state index in [0.29, 0.717) is 0 Å². The van der Waals surface area contributed by atoms with Gasteiger partial charge in [0.1, 0.15) is 0 Å². The van der Waals surface area contributed by atoms with E-state index in [1.54, 1.807) is 16.9 Å². The average Bonchev–Trinajstić information content (AvgIpc) is 3.21. The van der Waals surface area contributed by atoms with Gasteiger partial charge in [-0.2, -0.15) is 0 Å². The lowest BCUT2D eigenvalue weighted by molar-refractivity contribution is 0.978. The molecule has 5 aromatic rings. The maximum atomic E-state index is 4.63. The SMILES string of the molecule is c1cncc(-c2cn3nc(Nc4ccc5ccccc5c4)sc3n2)c1. The summed E-state index contributed by atoms with van der Waals surface area (Å²) in [6, 6.07) is 18.5. The van der Waals surface area contributed by atoms with E-state index in [1.165, 1.54) is 22.1 Å². The third kappa shape index (κ3) is 2.62. The number of pyridine rings is 1. The normalized spacial score (nSPS) is 11.2. The Kier molecular flexibility index (Phi) is 3.21. The second-order valence-corrected chi connectivity index (χ2v) is 6.65. The topological polar surface area (TPSA) is 55.1 Å². The van der Waals surface area contributed by atoms with E-state index < -0.39 is 0 Å². The number of aromatic nitrogens is 4. The fourth-order valence-corrected chi connectivity index (χ4v) is 3.60. The van der Waals surface area contributed by atoms with Crippen LogP contribution in [0.15, 0.2) is 73.2 Å². The van der Waals surface area contributed by atoms with Crippen molar-refractivity contribution in [3.05, 3.63) is 73.2 Å². The van der Waals surface area contributed by atoms with Crippen molar-refractivity contribution in [1.29, 1.82) is 0 Å². The minimum atomic E-state index is 0.815. The molecule has 0 aliphatic carbocycles. The molecular formula is C19H13N5S. The molecule has 0 amide bonds. The van der Waals surface area contributed by atoms with E-state index in [0.717, 1.165) is 27.0 Å². The van der Waals surface area contributed by atoms with E-state index in [1.807, 2.05) is 30.5 Å². The van der Waals surface area contributed by atoms with Crippen molar-refractivity contribution in [2.24, 2.45) is 0 Å². The molecule has 0 fully saturated rings. The number of nitrogens with zero attached hydrogens (tertiary/aromatic N) is 4. The number of imidazole rings is 1. The summed E-state index contributed by atoms with van der Waals surface area (Å²) >= 11 is 1.52. The van der Waals surface area contributed by atoms with Crippen LogP contribution in [0.3, 0.4) is 0 Å². The van der Waals surface area contributed by atoms with Crippen LogP contribution in [-0.4, -0.2) is 19.6 Å². The summed E-state index contributed by atoms with van der Waals surface area (Å²) in [5, 5.41) is 11.2. The number of nitrogens with one attached hydrogen (secondary N) is 1. The van der Waals surface area contributed by atoms with Gasteiger partial charge in [-0.25, -0.2) is 9.50 Å². The quantitative estimate of drug-likeness (QED) is 0.514. The smallest absolute Gasteiger partial charge is 0.214 e. The van der Waals surface area contributed by atoms with Gasteiger partial charge in [0.15, 0.2) is 0 Å². The van der Waals surface area contributed by atoms with E-state index in [9.17, 15) is 0 Å². The van der Waals surface area contributed by atoms with Crippen molar-refractivity contribution < 1.29 is 0 Å². The number of rotatable bonds is 3. The molecule has 0 spiro atoms. The van der Waals surface area contributed by atoms with Crippen LogP contribution in [0.5, 0.6) is 0 Å². The predicted molar refractivity (Wildman–Crippen MR) is 101 cm³/mol. The zero-order chi connectivity index (χ0) is 16.6. The Bertz CT molecular complexity index is 1140. The first-order chi connectivity index (χ1) is 12.3. The second-order valence-electron chi connectivity index (χ2n) is 5.69. The van der Waals surface area contributed by atoms with Gasteiger partial charge in [0.2, 0.25) is 10.1 Å². The zero-order valence-electron chi connectivity index (χ0n) is 13.1. The van der Waals surface area contributed by atoms with Crippen molar-refractivity contribution in [1.82, 2.24) is 19.6 Å². The van der Waals surface area contributed by atoms with E-state index in [4.69, 9.17) is 0 Å². The summed E-state index contributed by atoms with van der Waals surface area (Å²) in [4.78, 5) is 9.62. The fraction of sp³-hybridized carbons (Fsp3) is 0. The van der Waals surface area contributed by atoms with Crippen LogP contribution in [0.1, 0.15) is 0 Å². The van der Waals surface area contributed by atoms with Crippen LogP contribution in [-0.2, 0) is 0 Å². The van der Waals surface area contributed by atoms with Crippen molar-refractivity contribution in [2.75, 3.05) is 5.32 Å². The Hall–Kier alpha value is -3.25. The van der Waals surface area contributed by atoms with Gasteiger partial charge < -0.3 is 5.32 Å². The molecule has 3 heterocycles. The number of hydrogen-bond acceptors (Lipinski definition) is 5. The van der Waals surface area contributed by atoms with Crippen molar-refractivity contribution in [3.8, 4) is 11.3 Å². The van der Waals surface area contributed by atoms with Crippen LogP contribution in [0, 0.1) is 0 Å². The highest BCUT2D eigenvalue weighted by atomic mass is 32.1. The molecular weight excluding hydrogens is 330 g/mol. The van der Waals surface area contributed by atoms with Crippen LogP contribution in [0.2, 0.25) is 0 Å². The number of fused-ring (bicyclic) bond motifs is 2. The van der Waals surface area contributed by atoms with Gasteiger partial charge in [0.05, 0.1) is 11.9 Å². The number of hydrogen-bond donors (Lipinski definition) is 1. The van der Waals surface area contributed by atoms with Crippen LogP contribution < -0.4 is 5.32 Å². The van der Waals surface area contributed by atoms with Crippen LogP contribution in [0.25, 0.3) is 27.0 Å². The Morgan fingerprint density at radius 3 is 2.72 bits per heavy atom. The molecule has 0 radical (unpaired) electrons. The molecule has 3 aromatic heterocycles. The van der Waals surface area contributed by atoms with Crippen LogP contribution in [0.4, 0.5) is 10.8 Å². The molecule has 0 unspecified atom stereocenters. The minimum Gasteiger partial charge on any atom is -0.330 e. The number of anilines is 2. The van der Waals surface area contributed by atoms with Gasteiger partial charge in [-0.15, -0.1) is 5.10 Å². The second kappa shape index (κ2) is 5.68. The lowest BCUT2D eigenvalue weighted by Gasteiger charge is -2.04. The molecule has 2 aromatic carbocycles. The summed E-state index contributed by atoms with van der Waals surface area (Å²) in [6.07, 6.45) is 5.49. The highest BCUT2D eigenvalue weighted by Gasteiger charge is 2.10. The fourth-order valence-electron chi connectivity index (χ4n) is 2.79. The molecule has 0 bridgehead atoms. The Labute approximate surface area is 147 Å². The molecule has 6 heteroatoms. The van der Waals surface area contributed by atoms with Crippen molar-refractivity contribution in [2.45, 2.75) is 0 Å². The summed E-state index contributed by atoms with van der Waals surface area (Å²) in [6.45, 7) is 0. The molecule has 1 N–H and O–H groups in total. The molecule has 25 heavy (non-hydrogen) atoms. The third-order valence-corrected chi connectivity index (χ3v) is 4.84. The lowest BCUT2D eigenvalue weighted by Crippen LogP contribution is -1.91. The monoisotopic (exact) mass is 343 g/mol. The summed E-state index contributed by atoms with van der Waals surface area (Å²) in [7, 11) is 0. The van der Waals surface area contributed by atoms with E-state index in [2.05, 4.69) is 50.7 Å². The Morgan fingerprint density at radius 2 is 1.88 bits per heavy atom. The molecule has 0 aliphatic heterocycles. The highest BCUT2D eigenvalue weighted by molar-refractivity contribution is 7.20. The molecule has 0 saturated heterocycles. The van der Waals surface area contributed by atoms with E-state index in [-0.39, 0.29) is 0 Å².